The molecule has 0 bridgehead atoms. The molecule has 2 aliphatic heterocycles. The zero-order valence-corrected chi connectivity index (χ0v) is 20.9. The van der Waals surface area contributed by atoms with Crippen molar-refractivity contribution in [3.8, 4) is 22.9 Å². The number of hydrogen-bond donors (Lipinski definition) is 1. The van der Waals surface area contributed by atoms with Crippen LogP contribution in [0.15, 0.2) is 54.6 Å². The molecule has 0 radical (unpaired) electrons. The minimum atomic E-state index is -0.310. The summed E-state index contributed by atoms with van der Waals surface area (Å²) in [5.41, 5.74) is 3.80. The number of hydrogen-bond acceptors (Lipinski definition) is 8. The van der Waals surface area contributed by atoms with Crippen LogP contribution in [0.1, 0.15) is 33.4 Å². The minimum Gasteiger partial charge on any atom is -0.492 e. The molecule has 11 heteroatoms. The summed E-state index contributed by atoms with van der Waals surface area (Å²) in [5.74, 6) is 2.22. The van der Waals surface area contributed by atoms with E-state index in [1.54, 1.807) is 54.3 Å². The van der Waals surface area contributed by atoms with Crippen molar-refractivity contribution in [2.45, 2.75) is 12.5 Å². The van der Waals surface area contributed by atoms with Gasteiger partial charge in [0.15, 0.2) is 17.3 Å². The van der Waals surface area contributed by atoms with Crippen molar-refractivity contribution in [3.63, 3.8) is 0 Å². The molecule has 3 heterocycles. The average molecular weight is 519 g/mol. The van der Waals surface area contributed by atoms with E-state index >= 15 is 0 Å². The highest BCUT2D eigenvalue weighted by molar-refractivity contribution is 6.30. The summed E-state index contributed by atoms with van der Waals surface area (Å²) in [6, 6.07) is 15.8. The molecule has 1 aromatic heterocycles. The van der Waals surface area contributed by atoms with Crippen LogP contribution in [-0.4, -0.2) is 58.5 Å². The number of carbonyl (C=O) groups is 1. The Morgan fingerprint density at radius 1 is 1.16 bits per heavy atom. The molecule has 0 saturated heterocycles. The molecular formula is C26H23ClN6O4. The lowest BCUT2D eigenvalue weighted by molar-refractivity contribution is 0.102. The largest absolute Gasteiger partial charge is 0.492 e. The van der Waals surface area contributed by atoms with Crippen LogP contribution in [0.2, 0.25) is 5.02 Å². The molecular weight excluding hydrogens is 496 g/mol. The number of nitrogens with one attached hydrogen (secondary N) is 1. The number of ether oxygens (including phenoxy) is 3. The number of carbonyl (C=O) groups excluding carboxylic acids is 1. The number of likely N-dealkylation sites (N-methyl/N-ethyl adjacent to an activating group) is 1. The Hall–Kier alpha value is -4.15. The van der Waals surface area contributed by atoms with Crippen LogP contribution in [0, 0.1) is 0 Å². The predicted molar refractivity (Wildman–Crippen MR) is 136 cm³/mol. The fourth-order valence-electron chi connectivity index (χ4n) is 4.82. The van der Waals surface area contributed by atoms with E-state index in [1.807, 2.05) is 19.2 Å². The molecule has 2 aliphatic rings. The third-order valence-electron chi connectivity index (χ3n) is 6.59. The van der Waals surface area contributed by atoms with Gasteiger partial charge in [-0.2, -0.15) is 4.68 Å². The molecule has 0 spiro atoms. The van der Waals surface area contributed by atoms with Crippen LogP contribution in [0.25, 0.3) is 5.69 Å². The number of anilines is 1. The van der Waals surface area contributed by atoms with E-state index < -0.39 is 0 Å². The number of fused-ring (bicyclic) bond motifs is 2. The van der Waals surface area contributed by atoms with Crippen LogP contribution in [-0.2, 0) is 6.42 Å². The van der Waals surface area contributed by atoms with E-state index in [-0.39, 0.29) is 18.7 Å². The van der Waals surface area contributed by atoms with Gasteiger partial charge in [0.25, 0.3) is 5.91 Å². The molecule has 6 rings (SSSR count). The second kappa shape index (κ2) is 9.38. The summed E-state index contributed by atoms with van der Waals surface area (Å²) in [5, 5.41) is 16.2. The third kappa shape index (κ3) is 4.13. The summed E-state index contributed by atoms with van der Waals surface area (Å²) in [7, 11) is 3.64. The van der Waals surface area contributed by atoms with Gasteiger partial charge in [-0.1, -0.05) is 17.7 Å². The number of aromatic nitrogens is 4. The molecule has 0 aliphatic carbocycles. The number of tetrazole rings is 1. The maximum atomic E-state index is 13.0. The van der Waals surface area contributed by atoms with Crippen LogP contribution in [0.3, 0.4) is 0 Å². The summed E-state index contributed by atoms with van der Waals surface area (Å²) in [6.45, 7) is 0.939. The van der Waals surface area contributed by atoms with Gasteiger partial charge in [-0.25, -0.2) is 0 Å². The topological polar surface area (TPSA) is 104 Å². The van der Waals surface area contributed by atoms with Gasteiger partial charge in [-0.05, 0) is 78.0 Å². The quantitative estimate of drug-likeness (QED) is 0.424. The van der Waals surface area contributed by atoms with Crippen LogP contribution >= 0.6 is 11.6 Å². The standard InChI is InChI=1S/C26H23ClN6O4/c1-32-11-10-15-13-20-23(37-14-36-20)24(35-2)21(15)22(32)25-29-30-31-33(25)19-5-3-4-16(12-19)26(34)28-18-8-6-17(27)7-9-18/h3-9,12-13,22H,10-11,14H2,1-2H3,(H,28,34)/t22-/m1/s1. The molecule has 1 amide bonds. The number of amides is 1. The van der Waals surface area contributed by atoms with E-state index in [4.69, 9.17) is 25.8 Å². The first-order chi connectivity index (χ1) is 18.0. The number of rotatable bonds is 5. The van der Waals surface area contributed by atoms with Crippen molar-refractivity contribution in [1.29, 1.82) is 0 Å². The highest BCUT2D eigenvalue weighted by Crippen LogP contribution is 2.50. The summed E-state index contributed by atoms with van der Waals surface area (Å²) < 4.78 is 18.8. The first kappa shape index (κ1) is 23.3. The molecule has 10 nitrogen and oxygen atoms in total. The van der Waals surface area contributed by atoms with Crippen molar-refractivity contribution in [2.24, 2.45) is 0 Å². The lowest BCUT2D eigenvalue weighted by Crippen LogP contribution is -2.35. The molecule has 0 unspecified atom stereocenters. The van der Waals surface area contributed by atoms with Crippen molar-refractivity contribution < 1.29 is 19.0 Å². The van der Waals surface area contributed by atoms with Gasteiger partial charge in [-0.15, -0.1) is 5.10 Å². The second-order valence-electron chi connectivity index (χ2n) is 8.81. The first-order valence-electron chi connectivity index (χ1n) is 11.7. The molecule has 1 atom stereocenters. The molecule has 0 saturated carbocycles. The SMILES string of the molecule is COc1c2c(cc3c1[C@H](c1nnnn1-c1cccc(C(=O)Nc4ccc(Cl)cc4)c1)N(C)CC3)OCO2. The Morgan fingerprint density at radius 2 is 2.00 bits per heavy atom. The lowest BCUT2D eigenvalue weighted by atomic mass is 9.90. The Labute approximate surface area is 217 Å². The van der Waals surface area contributed by atoms with E-state index in [0.29, 0.717) is 45.0 Å². The minimum absolute atomic E-state index is 0.151. The Morgan fingerprint density at radius 3 is 2.81 bits per heavy atom. The van der Waals surface area contributed by atoms with E-state index in [1.165, 1.54) is 0 Å². The highest BCUT2D eigenvalue weighted by atomic mass is 35.5. The average Bonchev–Trinajstić information content (AvgIpc) is 3.59. The van der Waals surface area contributed by atoms with Crippen molar-refractivity contribution in [2.75, 3.05) is 32.8 Å². The zero-order valence-electron chi connectivity index (χ0n) is 20.1. The lowest BCUT2D eigenvalue weighted by Gasteiger charge is -2.34. The smallest absolute Gasteiger partial charge is 0.255 e. The fraction of sp³-hybridized carbons (Fsp3) is 0.231. The number of nitrogens with zero attached hydrogens (tertiary/aromatic N) is 5. The van der Waals surface area contributed by atoms with E-state index in [9.17, 15) is 4.79 Å². The Balaban J connectivity index is 1.38. The Kier molecular flexibility index (Phi) is 5.90. The van der Waals surface area contributed by atoms with Gasteiger partial charge >= 0.3 is 0 Å². The molecule has 0 fully saturated rings. The zero-order chi connectivity index (χ0) is 25.5. The maximum Gasteiger partial charge on any atom is 0.255 e. The van der Waals surface area contributed by atoms with E-state index in [2.05, 4.69) is 25.7 Å². The van der Waals surface area contributed by atoms with Crippen molar-refractivity contribution >= 4 is 23.2 Å². The number of methoxy groups -OCH3 is 1. The van der Waals surface area contributed by atoms with Crippen LogP contribution in [0.5, 0.6) is 17.2 Å². The molecule has 37 heavy (non-hydrogen) atoms. The first-order valence-corrected chi connectivity index (χ1v) is 12.1. The number of halogens is 1. The fourth-order valence-corrected chi connectivity index (χ4v) is 4.95. The summed E-state index contributed by atoms with van der Waals surface area (Å²) in [6.07, 6.45) is 0.817. The van der Waals surface area contributed by atoms with Gasteiger partial charge in [0, 0.05) is 28.4 Å². The van der Waals surface area contributed by atoms with E-state index in [0.717, 1.165) is 24.1 Å². The van der Waals surface area contributed by atoms with Gasteiger partial charge < -0.3 is 19.5 Å². The Bertz CT molecular complexity index is 1490. The van der Waals surface area contributed by atoms with Gasteiger partial charge in [0.1, 0.15) is 6.04 Å². The van der Waals surface area contributed by atoms with Gasteiger partial charge in [0.2, 0.25) is 12.5 Å². The van der Waals surface area contributed by atoms with Gasteiger partial charge in [0.05, 0.1) is 12.8 Å². The monoisotopic (exact) mass is 518 g/mol. The van der Waals surface area contributed by atoms with Crippen molar-refractivity contribution in [1.82, 2.24) is 25.1 Å². The predicted octanol–water partition coefficient (Wildman–Crippen LogP) is 3.88. The third-order valence-corrected chi connectivity index (χ3v) is 6.84. The van der Waals surface area contributed by atoms with Crippen LogP contribution in [0.4, 0.5) is 5.69 Å². The summed E-state index contributed by atoms with van der Waals surface area (Å²) in [4.78, 5) is 15.1. The number of benzene rings is 3. The maximum absolute atomic E-state index is 13.0. The summed E-state index contributed by atoms with van der Waals surface area (Å²) >= 11 is 5.95. The second-order valence-corrected chi connectivity index (χ2v) is 9.25. The molecule has 1 N–H and O–H groups in total. The molecule has 188 valence electrons. The normalized spacial score (nSPS) is 16.4. The van der Waals surface area contributed by atoms with Crippen LogP contribution < -0.4 is 19.5 Å². The molecule has 3 aromatic carbocycles. The highest BCUT2D eigenvalue weighted by Gasteiger charge is 2.37. The van der Waals surface area contributed by atoms with Crippen molar-refractivity contribution in [3.05, 3.63) is 82.1 Å². The van der Waals surface area contributed by atoms with Gasteiger partial charge in [-0.3, -0.25) is 9.69 Å². The molecule has 4 aromatic rings.